The van der Waals surface area contributed by atoms with Crippen LogP contribution in [0.1, 0.15) is 52.2 Å². The van der Waals surface area contributed by atoms with E-state index in [9.17, 15) is 4.79 Å². The van der Waals surface area contributed by atoms with Gasteiger partial charge in [0.1, 0.15) is 0 Å². The molecule has 0 spiro atoms. The Morgan fingerprint density at radius 2 is 2.20 bits per heavy atom. The Hall–Kier alpha value is -0.870. The molecule has 1 aliphatic carbocycles. The predicted molar refractivity (Wildman–Crippen MR) is 83.6 cm³/mol. The number of fused-ring (bicyclic) bond motifs is 1. The van der Waals surface area contributed by atoms with Crippen LogP contribution < -0.4 is 5.32 Å². The maximum atomic E-state index is 12.5. The zero-order chi connectivity index (χ0) is 13.9. The highest BCUT2D eigenvalue weighted by atomic mass is 32.1. The van der Waals surface area contributed by atoms with Crippen molar-refractivity contribution < 1.29 is 4.79 Å². The Balaban J connectivity index is 1.66. The summed E-state index contributed by atoms with van der Waals surface area (Å²) >= 11 is 1.73. The van der Waals surface area contributed by atoms with Crippen LogP contribution in [0, 0.1) is 0 Å². The zero-order valence-corrected chi connectivity index (χ0v) is 13.1. The Kier molecular flexibility index (Phi) is 4.41. The fourth-order valence-corrected chi connectivity index (χ4v) is 4.54. The second kappa shape index (κ2) is 6.27. The van der Waals surface area contributed by atoms with E-state index in [1.165, 1.54) is 49.0 Å². The van der Waals surface area contributed by atoms with Crippen LogP contribution in [0.3, 0.4) is 0 Å². The molecule has 1 fully saturated rings. The summed E-state index contributed by atoms with van der Waals surface area (Å²) in [6, 6.07) is 2.65. The Morgan fingerprint density at radius 1 is 1.35 bits per heavy atom. The lowest BCUT2D eigenvalue weighted by Gasteiger charge is -2.20. The zero-order valence-electron chi connectivity index (χ0n) is 12.3. The van der Waals surface area contributed by atoms with Gasteiger partial charge >= 0.3 is 0 Å². The van der Waals surface area contributed by atoms with Gasteiger partial charge in [-0.15, -0.1) is 11.3 Å². The van der Waals surface area contributed by atoms with Gasteiger partial charge in [-0.1, -0.05) is 6.42 Å². The van der Waals surface area contributed by atoms with Crippen molar-refractivity contribution in [3.05, 3.63) is 21.4 Å². The number of hydrogen-bond acceptors (Lipinski definition) is 3. The summed E-state index contributed by atoms with van der Waals surface area (Å²) in [6.45, 7) is 1.93. The van der Waals surface area contributed by atoms with Crippen molar-refractivity contribution in [2.75, 3.05) is 20.1 Å². The summed E-state index contributed by atoms with van der Waals surface area (Å²) in [5.41, 5.74) is 1.43. The first-order chi connectivity index (χ1) is 9.74. The molecule has 1 unspecified atom stereocenters. The van der Waals surface area contributed by atoms with Crippen molar-refractivity contribution in [2.45, 2.75) is 51.0 Å². The minimum atomic E-state index is 0.205. The smallest absolute Gasteiger partial charge is 0.263 e. The van der Waals surface area contributed by atoms with E-state index in [1.807, 2.05) is 11.9 Å². The number of rotatable bonds is 3. The molecule has 0 saturated carbocycles. The molecule has 4 heteroatoms. The van der Waals surface area contributed by atoms with Crippen molar-refractivity contribution in [1.82, 2.24) is 10.2 Å². The molecule has 2 heterocycles. The number of amides is 1. The topological polar surface area (TPSA) is 32.3 Å². The highest BCUT2D eigenvalue weighted by Crippen LogP contribution is 2.29. The van der Waals surface area contributed by atoms with Crippen molar-refractivity contribution in [3.63, 3.8) is 0 Å². The Labute approximate surface area is 125 Å². The van der Waals surface area contributed by atoms with Gasteiger partial charge < -0.3 is 10.2 Å². The predicted octanol–water partition coefficient (Wildman–Crippen LogP) is 2.84. The van der Waals surface area contributed by atoms with Gasteiger partial charge in [0.05, 0.1) is 4.88 Å². The maximum Gasteiger partial charge on any atom is 0.263 e. The van der Waals surface area contributed by atoms with E-state index in [0.29, 0.717) is 6.04 Å². The molecule has 1 amide bonds. The minimum absolute atomic E-state index is 0.205. The number of nitrogens with one attached hydrogen (secondary N) is 1. The van der Waals surface area contributed by atoms with Crippen LogP contribution in [0.5, 0.6) is 0 Å². The molecule has 20 heavy (non-hydrogen) atoms. The normalized spacial score (nSPS) is 22.4. The molecular weight excluding hydrogens is 268 g/mol. The van der Waals surface area contributed by atoms with Crippen LogP contribution in [-0.4, -0.2) is 37.0 Å². The molecule has 3 nitrogen and oxygen atoms in total. The third kappa shape index (κ3) is 3.07. The van der Waals surface area contributed by atoms with E-state index < -0.39 is 0 Å². The fourth-order valence-electron chi connectivity index (χ4n) is 3.29. The number of hydrogen-bond donors (Lipinski definition) is 1. The van der Waals surface area contributed by atoms with Gasteiger partial charge in [0.15, 0.2) is 0 Å². The average molecular weight is 292 g/mol. The number of carbonyl (C=O) groups is 1. The van der Waals surface area contributed by atoms with Crippen molar-refractivity contribution >= 4 is 17.2 Å². The molecule has 1 aromatic rings. The van der Waals surface area contributed by atoms with Crippen molar-refractivity contribution in [1.29, 1.82) is 0 Å². The summed E-state index contributed by atoms with van der Waals surface area (Å²) in [4.78, 5) is 16.8. The van der Waals surface area contributed by atoms with Gasteiger partial charge in [-0.25, -0.2) is 0 Å². The van der Waals surface area contributed by atoms with E-state index in [2.05, 4.69) is 11.4 Å². The molecule has 3 rings (SSSR count). The number of nitrogens with zero attached hydrogens (tertiary/aromatic N) is 1. The van der Waals surface area contributed by atoms with Crippen LogP contribution in [0.15, 0.2) is 6.07 Å². The quantitative estimate of drug-likeness (QED) is 0.869. The van der Waals surface area contributed by atoms with Crippen LogP contribution in [-0.2, 0) is 12.8 Å². The van der Waals surface area contributed by atoms with Crippen LogP contribution >= 0.6 is 11.3 Å². The van der Waals surface area contributed by atoms with Gasteiger partial charge in [-0.3, -0.25) is 4.79 Å². The molecular formula is C16H24N2OS. The molecule has 110 valence electrons. The molecule has 0 aromatic carbocycles. The molecule has 2 aliphatic rings. The molecule has 0 radical (unpaired) electrons. The summed E-state index contributed by atoms with van der Waals surface area (Å²) < 4.78 is 0. The van der Waals surface area contributed by atoms with Gasteiger partial charge in [0.2, 0.25) is 0 Å². The first kappa shape index (κ1) is 14.1. The lowest BCUT2D eigenvalue weighted by atomic mass is 10.1. The highest BCUT2D eigenvalue weighted by Gasteiger charge is 2.22. The molecule has 1 aliphatic heterocycles. The summed E-state index contributed by atoms with van der Waals surface area (Å²) in [5, 5.41) is 3.46. The minimum Gasteiger partial charge on any atom is -0.339 e. The Bertz CT molecular complexity index is 453. The molecule has 1 saturated heterocycles. The number of thiophene rings is 1. The van der Waals surface area contributed by atoms with Gasteiger partial charge in [0, 0.05) is 24.5 Å². The molecule has 1 atom stereocenters. The average Bonchev–Trinajstić information content (AvgIpc) is 3.04. The van der Waals surface area contributed by atoms with Gasteiger partial charge in [0.25, 0.3) is 5.91 Å². The van der Waals surface area contributed by atoms with E-state index in [1.54, 1.807) is 11.3 Å². The lowest BCUT2D eigenvalue weighted by molar-refractivity contribution is 0.0788. The number of likely N-dealkylation sites (N-methyl/N-ethyl adjacent to an activating group) is 1. The van der Waals surface area contributed by atoms with Crippen molar-refractivity contribution in [3.8, 4) is 0 Å². The van der Waals surface area contributed by atoms with E-state index in [4.69, 9.17) is 0 Å². The van der Waals surface area contributed by atoms with Crippen LogP contribution in [0.2, 0.25) is 0 Å². The van der Waals surface area contributed by atoms with E-state index in [-0.39, 0.29) is 5.91 Å². The summed E-state index contributed by atoms with van der Waals surface area (Å²) in [6.07, 6.45) is 8.65. The standard InChI is InChI=1S/C16H24N2OS/c1-18(11-13-7-5-9-17-13)16(19)15-10-12-6-3-2-4-8-14(12)20-15/h10,13,17H,2-9,11H2,1H3. The van der Waals surface area contributed by atoms with Crippen LogP contribution in [0.4, 0.5) is 0 Å². The number of aryl methyl sites for hydroxylation is 2. The second-order valence-corrected chi connectivity index (χ2v) is 7.24. The summed E-state index contributed by atoms with van der Waals surface area (Å²) in [5.74, 6) is 0.205. The third-order valence-corrected chi connectivity index (χ3v) is 5.69. The van der Waals surface area contributed by atoms with Gasteiger partial charge in [-0.2, -0.15) is 0 Å². The SMILES string of the molecule is CN(CC1CCCN1)C(=O)c1cc2c(s1)CCCCC2. The summed E-state index contributed by atoms with van der Waals surface area (Å²) in [7, 11) is 1.94. The van der Waals surface area contributed by atoms with E-state index in [0.717, 1.165) is 24.4 Å². The number of carbonyl (C=O) groups excluding carboxylic acids is 1. The lowest BCUT2D eigenvalue weighted by Crippen LogP contribution is -2.38. The highest BCUT2D eigenvalue weighted by molar-refractivity contribution is 7.14. The fraction of sp³-hybridized carbons (Fsp3) is 0.688. The first-order valence-electron chi connectivity index (χ1n) is 7.84. The molecule has 1 N–H and O–H groups in total. The monoisotopic (exact) mass is 292 g/mol. The van der Waals surface area contributed by atoms with Crippen LogP contribution in [0.25, 0.3) is 0 Å². The molecule has 1 aromatic heterocycles. The van der Waals surface area contributed by atoms with Gasteiger partial charge in [-0.05, 0) is 56.7 Å². The van der Waals surface area contributed by atoms with Crippen molar-refractivity contribution in [2.24, 2.45) is 0 Å². The van der Waals surface area contributed by atoms with E-state index >= 15 is 0 Å². The first-order valence-corrected chi connectivity index (χ1v) is 8.66. The maximum absolute atomic E-state index is 12.5. The Morgan fingerprint density at radius 3 is 3.00 bits per heavy atom. The second-order valence-electron chi connectivity index (χ2n) is 6.10. The molecule has 0 bridgehead atoms. The largest absolute Gasteiger partial charge is 0.339 e. The third-order valence-electron chi connectivity index (χ3n) is 4.46.